The number of alkyl halides is 2. The van der Waals surface area contributed by atoms with Crippen LogP contribution in [-0.4, -0.2) is 12.1 Å². The first-order chi connectivity index (χ1) is 7.34. The van der Waals surface area contributed by atoms with Crippen molar-refractivity contribution in [2.45, 2.75) is 40.5 Å². The standard InChI is InChI=1S/C12H18BrF2N/c1-6(2)8-5-9(12(14)15)16-11(7(3)4)10(8)13/h6-8,12H,5H2,1-4H3. The summed E-state index contributed by atoms with van der Waals surface area (Å²) in [4.78, 5) is 4.09. The maximum Gasteiger partial charge on any atom is 0.276 e. The van der Waals surface area contributed by atoms with E-state index in [2.05, 4.69) is 34.8 Å². The largest absolute Gasteiger partial charge is 0.276 e. The van der Waals surface area contributed by atoms with Crippen molar-refractivity contribution in [1.29, 1.82) is 0 Å². The number of hydrogen-bond donors (Lipinski definition) is 0. The van der Waals surface area contributed by atoms with Crippen LogP contribution in [-0.2, 0) is 0 Å². The van der Waals surface area contributed by atoms with Gasteiger partial charge < -0.3 is 0 Å². The highest BCUT2D eigenvalue weighted by molar-refractivity contribution is 9.11. The molecular weight excluding hydrogens is 276 g/mol. The Morgan fingerprint density at radius 3 is 2.19 bits per heavy atom. The Morgan fingerprint density at radius 1 is 1.25 bits per heavy atom. The molecule has 4 heteroatoms. The van der Waals surface area contributed by atoms with E-state index in [4.69, 9.17) is 0 Å². The van der Waals surface area contributed by atoms with Crippen molar-refractivity contribution >= 4 is 21.6 Å². The second kappa shape index (κ2) is 5.39. The van der Waals surface area contributed by atoms with E-state index in [1.807, 2.05) is 13.8 Å². The number of hydrogen-bond acceptors (Lipinski definition) is 1. The molecule has 1 atom stereocenters. The zero-order chi connectivity index (χ0) is 12.5. The van der Waals surface area contributed by atoms with Crippen molar-refractivity contribution in [2.24, 2.45) is 22.7 Å². The van der Waals surface area contributed by atoms with Gasteiger partial charge in [-0.15, -0.1) is 0 Å². The molecule has 0 bridgehead atoms. The van der Waals surface area contributed by atoms with E-state index in [0.717, 1.165) is 10.2 Å². The van der Waals surface area contributed by atoms with Crippen LogP contribution in [0.15, 0.2) is 15.2 Å². The second-order valence-corrected chi connectivity index (χ2v) is 5.70. The Balaban J connectivity index is 3.11. The van der Waals surface area contributed by atoms with Crippen molar-refractivity contribution in [3.63, 3.8) is 0 Å². The van der Waals surface area contributed by atoms with E-state index in [9.17, 15) is 8.78 Å². The Labute approximate surface area is 104 Å². The lowest BCUT2D eigenvalue weighted by Gasteiger charge is -2.28. The molecule has 1 nitrogen and oxygen atoms in total. The van der Waals surface area contributed by atoms with Crippen molar-refractivity contribution in [2.75, 3.05) is 0 Å². The summed E-state index contributed by atoms with van der Waals surface area (Å²) in [6.45, 7) is 8.06. The highest BCUT2D eigenvalue weighted by atomic mass is 79.9. The lowest BCUT2D eigenvalue weighted by atomic mass is 9.86. The minimum atomic E-state index is -2.43. The predicted molar refractivity (Wildman–Crippen MR) is 67.2 cm³/mol. The van der Waals surface area contributed by atoms with Crippen LogP contribution in [0.5, 0.6) is 0 Å². The average Bonchev–Trinajstić information content (AvgIpc) is 2.16. The summed E-state index contributed by atoms with van der Waals surface area (Å²) in [6, 6.07) is 0. The van der Waals surface area contributed by atoms with E-state index in [1.165, 1.54) is 0 Å². The fourth-order valence-electron chi connectivity index (χ4n) is 1.83. The van der Waals surface area contributed by atoms with Crippen LogP contribution < -0.4 is 0 Å². The van der Waals surface area contributed by atoms with Crippen LogP contribution >= 0.6 is 15.9 Å². The molecule has 0 aromatic heterocycles. The summed E-state index contributed by atoms with van der Waals surface area (Å²) in [5.41, 5.74) is 0.811. The third-order valence-corrected chi connectivity index (χ3v) is 3.86. The Hall–Kier alpha value is -0.250. The van der Waals surface area contributed by atoms with Crippen LogP contribution in [0.25, 0.3) is 0 Å². The SMILES string of the molecule is CC(C)C1=C(Br)C(C(C)C)CC(C(F)F)=N1. The molecule has 0 N–H and O–H groups in total. The Kier molecular flexibility index (Phi) is 4.65. The highest BCUT2D eigenvalue weighted by Gasteiger charge is 2.30. The number of aliphatic imine (C=N–C) groups is 1. The van der Waals surface area contributed by atoms with Crippen LogP contribution in [0.2, 0.25) is 0 Å². The number of rotatable bonds is 3. The maximum atomic E-state index is 12.8. The van der Waals surface area contributed by atoms with E-state index in [1.54, 1.807) is 0 Å². The molecule has 0 radical (unpaired) electrons. The predicted octanol–water partition coefficient (Wildman–Crippen LogP) is 4.63. The third-order valence-electron chi connectivity index (χ3n) is 2.87. The summed E-state index contributed by atoms with van der Waals surface area (Å²) in [7, 11) is 0. The van der Waals surface area contributed by atoms with Gasteiger partial charge in [0.25, 0.3) is 6.43 Å². The topological polar surface area (TPSA) is 12.4 Å². The van der Waals surface area contributed by atoms with Crippen molar-refractivity contribution in [3.8, 4) is 0 Å². The molecule has 92 valence electrons. The van der Waals surface area contributed by atoms with E-state index in [0.29, 0.717) is 12.3 Å². The smallest absolute Gasteiger partial charge is 0.255 e. The van der Waals surface area contributed by atoms with E-state index in [-0.39, 0.29) is 17.5 Å². The molecule has 0 aromatic rings. The van der Waals surface area contributed by atoms with Crippen molar-refractivity contribution in [1.82, 2.24) is 0 Å². The molecule has 0 aromatic carbocycles. The summed E-state index contributed by atoms with van der Waals surface area (Å²) < 4.78 is 26.5. The third kappa shape index (κ3) is 2.90. The van der Waals surface area contributed by atoms with Crippen molar-refractivity contribution < 1.29 is 8.78 Å². The molecule has 0 saturated carbocycles. The van der Waals surface area contributed by atoms with E-state index >= 15 is 0 Å². The molecule has 0 fully saturated rings. The first kappa shape index (κ1) is 13.8. The lowest BCUT2D eigenvalue weighted by molar-refractivity contribution is 0.219. The van der Waals surface area contributed by atoms with Gasteiger partial charge in [0.2, 0.25) is 0 Å². The Morgan fingerprint density at radius 2 is 1.81 bits per heavy atom. The zero-order valence-electron chi connectivity index (χ0n) is 10.1. The molecule has 0 spiro atoms. The van der Waals surface area contributed by atoms with Gasteiger partial charge in [0, 0.05) is 10.4 Å². The summed E-state index contributed by atoms with van der Waals surface area (Å²) >= 11 is 3.53. The zero-order valence-corrected chi connectivity index (χ0v) is 11.7. The molecule has 0 amide bonds. The van der Waals surface area contributed by atoms with Gasteiger partial charge in [-0.2, -0.15) is 0 Å². The fraction of sp³-hybridized carbons (Fsp3) is 0.750. The summed E-state index contributed by atoms with van der Waals surface area (Å²) in [5, 5.41) is 0. The molecular formula is C12H18BrF2N. The average molecular weight is 294 g/mol. The van der Waals surface area contributed by atoms with Gasteiger partial charge >= 0.3 is 0 Å². The van der Waals surface area contributed by atoms with Crippen LogP contribution in [0.3, 0.4) is 0 Å². The minimum absolute atomic E-state index is 0.0330. The maximum absolute atomic E-state index is 12.8. The molecule has 0 saturated heterocycles. The second-order valence-electron chi connectivity index (χ2n) is 4.85. The summed E-state index contributed by atoms with van der Waals surface area (Å²) in [6.07, 6.45) is -2.07. The molecule has 1 aliphatic rings. The van der Waals surface area contributed by atoms with Gasteiger partial charge in [-0.1, -0.05) is 43.6 Å². The van der Waals surface area contributed by atoms with Gasteiger partial charge in [-0.3, -0.25) is 4.99 Å². The Bertz CT molecular complexity index is 319. The fourth-order valence-corrected chi connectivity index (χ4v) is 3.07. The van der Waals surface area contributed by atoms with Crippen molar-refractivity contribution in [3.05, 3.63) is 10.2 Å². The summed E-state index contributed by atoms with van der Waals surface area (Å²) in [5.74, 6) is 0.649. The van der Waals surface area contributed by atoms with Gasteiger partial charge in [0.05, 0.1) is 11.4 Å². The molecule has 1 unspecified atom stereocenters. The monoisotopic (exact) mass is 293 g/mol. The molecule has 1 aliphatic heterocycles. The molecule has 1 heterocycles. The van der Waals surface area contributed by atoms with Crippen LogP contribution in [0.1, 0.15) is 34.1 Å². The first-order valence-electron chi connectivity index (χ1n) is 5.59. The highest BCUT2D eigenvalue weighted by Crippen LogP contribution is 2.38. The van der Waals surface area contributed by atoms with Crippen LogP contribution in [0.4, 0.5) is 8.78 Å². The van der Waals surface area contributed by atoms with Gasteiger partial charge in [0.1, 0.15) is 0 Å². The quantitative estimate of drug-likeness (QED) is 0.719. The number of halogens is 3. The molecule has 1 rings (SSSR count). The first-order valence-corrected chi connectivity index (χ1v) is 6.39. The lowest BCUT2D eigenvalue weighted by Crippen LogP contribution is -2.25. The van der Waals surface area contributed by atoms with E-state index < -0.39 is 6.43 Å². The molecule has 0 aliphatic carbocycles. The minimum Gasteiger partial charge on any atom is -0.255 e. The van der Waals surface area contributed by atoms with Crippen LogP contribution in [0, 0.1) is 17.8 Å². The normalized spacial score (nSPS) is 22.4. The van der Waals surface area contributed by atoms with Gasteiger partial charge in [-0.25, -0.2) is 8.78 Å². The number of allylic oxidation sites excluding steroid dienone is 2. The molecule has 16 heavy (non-hydrogen) atoms. The van der Waals surface area contributed by atoms with Gasteiger partial charge in [0.15, 0.2) is 0 Å². The van der Waals surface area contributed by atoms with Gasteiger partial charge in [-0.05, 0) is 18.3 Å². The number of nitrogens with zero attached hydrogens (tertiary/aromatic N) is 1.